The fraction of sp³-hybridized carbons (Fsp3) is 0.714. The van der Waals surface area contributed by atoms with Crippen molar-refractivity contribution in [3.63, 3.8) is 0 Å². The first kappa shape index (κ1) is 10.1. The molecule has 2 unspecified atom stereocenters. The average molecular weight is 232 g/mol. The molecule has 78 valence electrons. The van der Waals surface area contributed by atoms with Crippen LogP contribution >= 0.6 is 23.5 Å². The lowest BCUT2D eigenvalue weighted by molar-refractivity contribution is 0.422. The largest absolute Gasteiger partial charge is 0.335 e. The van der Waals surface area contributed by atoms with Crippen molar-refractivity contribution in [2.45, 2.75) is 17.4 Å². The predicted octanol–water partition coefficient (Wildman–Crippen LogP) is 1.26. The number of rotatable bonds is 2. The van der Waals surface area contributed by atoms with Crippen molar-refractivity contribution in [3.05, 3.63) is 5.82 Å². The van der Waals surface area contributed by atoms with Gasteiger partial charge in [0.2, 0.25) is 0 Å². The highest BCUT2D eigenvalue weighted by atomic mass is 32.2. The van der Waals surface area contributed by atoms with Gasteiger partial charge in [-0.3, -0.25) is 5.43 Å². The van der Waals surface area contributed by atoms with Crippen LogP contribution < -0.4 is 11.3 Å². The number of hydrazine groups is 1. The van der Waals surface area contributed by atoms with Crippen molar-refractivity contribution in [2.75, 3.05) is 16.9 Å². The van der Waals surface area contributed by atoms with E-state index < -0.39 is 0 Å². The summed E-state index contributed by atoms with van der Waals surface area (Å²) in [5.41, 5.74) is 2.34. The third-order valence-electron chi connectivity index (χ3n) is 2.01. The number of hydrogen-bond acceptors (Lipinski definition) is 7. The minimum absolute atomic E-state index is 0.281. The maximum absolute atomic E-state index is 5.17. The lowest BCUT2D eigenvalue weighted by Crippen LogP contribution is -2.17. The molecule has 14 heavy (non-hydrogen) atoms. The van der Waals surface area contributed by atoms with Crippen LogP contribution in [-0.4, -0.2) is 26.9 Å². The molecule has 1 saturated heterocycles. The lowest BCUT2D eigenvalue weighted by Gasteiger charge is -2.24. The second-order valence-corrected chi connectivity index (χ2v) is 5.70. The Morgan fingerprint density at radius 1 is 1.50 bits per heavy atom. The van der Waals surface area contributed by atoms with Gasteiger partial charge < -0.3 is 4.52 Å². The quantitative estimate of drug-likeness (QED) is 0.587. The first-order valence-corrected chi connectivity index (χ1v) is 6.44. The van der Waals surface area contributed by atoms with Crippen LogP contribution in [0, 0.1) is 0 Å². The molecule has 2 rings (SSSR count). The molecular formula is C7H12N4OS2. The summed E-state index contributed by atoms with van der Waals surface area (Å²) in [5, 5.41) is 4.74. The molecule has 0 aromatic carbocycles. The van der Waals surface area contributed by atoms with Crippen LogP contribution in [0.5, 0.6) is 0 Å². The Labute approximate surface area is 90.5 Å². The van der Waals surface area contributed by atoms with E-state index in [1.807, 2.05) is 23.5 Å². The van der Waals surface area contributed by atoms with Crippen LogP contribution in [0.15, 0.2) is 4.52 Å². The zero-order valence-corrected chi connectivity index (χ0v) is 9.40. The highest BCUT2D eigenvalue weighted by Gasteiger charge is 2.28. The standard InChI is InChI=1S/C7H12N4OS2/c1-4-5(14-3-2-13-4)6-9-7(10-8)12-11-6/h4-5H,2-3,8H2,1H3,(H,9,10,11). The van der Waals surface area contributed by atoms with Gasteiger partial charge >= 0.3 is 6.01 Å². The zero-order chi connectivity index (χ0) is 9.97. The van der Waals surface area contributed by atoms with E-state index in [4.69, 9.17) is 10.4 Å². The van der Waals surface area contributed by atoms with Gasteiger partial charge in [0, 0.05) is 16.8 Å². The zero-order valence-electron chi connectivity index (χ0n) is 7.77. The Hall–Kier alpha value is -0.400. The molecule has 0 radical (unpaired) electrons. The van der Waals surface area contributed by atoms with E-state index in [1.165, 1.54) is 5.75 Å². The minimum atomic E-state index is 0.281. The van der Waals surface area contributed by atoms with Gasteiger partial charge in [-0.15, -0.1) is 11.8 Å². The van der Waals surface area contributed by atoms with Crippen molar-refractivity contribution < 1.29 is 4.52 Å². The summed E-state index contributed by atoms with van der Waals surface area (Å²) >= 11 is 3.82. The summed E-state index contributed by atoms with van der Waals surface area (Å²) in [7, 11) is 0. The van der Waals surface area contributed by atoms with Gasteiger partial charge in [-0.2, -0.15) is 16.7 Å². The number of hydrogen-bond donors (Lipinski definition) is 2. The normalized spacial score (nSPS) is 27.6. The first-order valence-electron chi connectivity index (χ1n) is 4.34. The van der Waals surface area contributed by atoms with Crippen molar-refractivity contribution >= 4 is 29.5 Å². The van der Waals surface area contributed by atoms with Crippen molar-refractivity contribution in [1.29, 1.82) is 0 Å². The van der Waals surface area contributed by atoms with Crippen LogP contribution in [0.1, 0.15) is 18.0 Å². The highest BCUT2D eigenvalue weighted by Crippen LogP contribution is 2.41. The Morgan fingerprint density at radius 3 is 2.93 bits per heavy atom. The molecule has 1 aliphatic heterocycles. The number of thioether (sulfide) groups is 2. The van der Waals surface area contributed by atoms with Crippen LogP contribution in [0.25, 0.3) is 0 Å². The molecule has 0 spiro atoms. The molecule has 1 aromatic heterocycles. The van der Waals surface area contributed by atoms with Crippen molar-refractivity contribution in [3.8, 4) is 0 Å². The number of aromatic nitrogens is 2. The summed E-state index contributed by atoms with van der Waals surface area (Å²) in [5.74, 6) is 8.24. The van der Waals surface area contributed by atoms with Gasteiger partial charge in [-0.25, -0.2) is 5.84 Å². The molecule has 7 heteroatoms. The van der Waals surface area contributed by atoms with E-state index in [1.54, 1.807) is 0 Å². The number of nitrogens with zero attached hydrogens (tertiary/aromatic N) is 2. The molecule has 0 amide bonds. The molecule has 0 saturated carbocycles. The summed E-state index contributed by atoms with van der Waals surface area (Å²) in [6, 6.07) is 0.281. The van der Waals surface area contributed by atoms with Crippen LogP contribution in [0.4, 0.5) is 6.01 Å². The molecule has 2 heterocycles. The molecule has 5 nitrogen and oxygen atoms in total. The average Bonchev–Trinajstić information content (AvgIpc) is 2.67. The third-order valence-corrected chi connectivity index (χ3v) is 5.09. The van der Waals surface area contributed by atoms with E-state index in [0.29, 0.717) is 10.5 Å². The molecule has 3 N–H and O–H groups in total. The number of nitrogen functional groups attached to an aromatic ring is 1. The number of anilines is 1. The molecule has 0 aliphatic carbocycles. The van der Waals surface area contributed by atoms with Gasteiger partial charge in [-0.1, -0.05) is 12.1 Å². The van der Waals surface area contributed by atoms with Crippen LogP contribution in [0.3, 0.4) is 0 Å². The third kappa shape index (κ3) is 1.99. The Morgan fingerprint density at radius 2 is 2.29 bits per heavy atom. The second-order valence-electron chi connectivity index (χ2n) is 2.97. The van der Waals surface area contributed by atoms with E-state index in [9.17, 15) is 0 Å². The topological polar surface area (TPSA) is 77.0 Å². The molecule has 0 bridgehead atoms. The Bertz CT molecular complexity index is 306. The smallest absolute Gasteiger partial charge is 0.314 e. The molecule has 1 aromatic rings. The van der Waals surface area contributed by atoms with Crippen LogP contribution in [-0.2, 0) is 0 Å². The fourth-order valence-electron chi connectivity index (χ4n) is 1.33. The predicted molar refractivity (Wildman–Crippen MR) is 59.2 cm³/mol. The van der Waals surface area contributed by atoms with Crippen LogP contribution in [0.2, 0.25) is 0 Å². The Balaban J connectivity index is 2.12. The van der Waals surface area contributed by atoms with Gasteiger partial charge in [0.15, 0.2) is 5.82 Å². The van der Waals surface area contributed by atoms with Gasteiger partial charge in [0.25, 0.3) is 0 Å². The molecular weight excluding hydrogens is 220 g/mol. The first-order chi connectivity index (χ1) is 6.81. The minimum Gasteiger partial charge on any atom is -0.314 e. The summed E-state index contributed by atoms with van der Waals surface area (Å²) in [6.07, 6.45) is 0. The summed E-state index contributed by atoms with van der Waals surface area (Å²) in [4.78, 5) is 4.15. The SMILES string of the molecule is CC1SCCSC1c1noc(NN)n1. The monoisotopic (exact) mass is 232 g/mol. The fourth-order valence-corrected chi connectivity index (χ4v) is 4.00. The second kappa shape index (κ2) is 4.41. The lowest BCUT2D eigenvalue weighted by atomic mass is 10.3. The van der Waals surface area contributed by atoms with Gasteiger partial charge in [-0.05, 0) is 0 Å². The molecule has 1 aliphatic rings. The van der Waals surface area contributed by atoms with Gasteiger partial charge in [0.1, 0.15) is 0 Å². The molecule has 2 atom stereocenters. The van der Waals surface area contributed by atoms with E-state index in [2.05, 4.69) is 22.5 Å². The Kier molecular flexibility index (Phi) is 3.19. The summed E-state index contributed by atoms with van der Waals surface area (Å²) < 4.78 is 4.90. The van der Waals surface area contributed by atoms with Crippen molar-refractivity contribution in [2.24, 2.45) is 5.84 Å². The van der Waals surface area contributed by atoms with E-state index in [-0.39, 0.29) is 6.01 Å². The maximum atomic E-state index is 5.17. The number of nitrogens with two attached hydrogens (primary N) is 1. The molecule has 1 fully saturated rings. The summed E-state index contributed by atoms with van der Waals surface area (Å²) in [6.45, 7) is 2.19. The number of nitrogens with one attached hydrogen (secondary N) is 1. The highest BCUT2D eigenvalue weighted by molar-refractivity contribution is 8.06. The van der Waals surface area contributed by atoms with E-state index >= 15 is 0 Å². The van der Waals surface area contributed by atoms with Crippen molar-refractivity contribution in [1.82, 2.24) is 10.1 Å². The van der Waals surface area contributed by atoms with E-state index in [0.717, 1.165) is 11.6 Å². The van der Waals surface area contributed by atoms with Gasteiger partial charge in [0.05, 0.1) is 5.25 Å². The maximum Gasteiger partial charge on any atom is 0.335 e.